The van der Waals surface area contributed by atoms with Crippen LogP contribution in [0, 0.1) is 17.0 Å². The van der Waals surface area contributed by atoms with E-state index < -0.39 is 10.8 Å². The van der Waals surface area contributed by atoms with Gasteiger partial charge in [0.05, 0.1) is 11.3 Å². The number of nitrogens with zero attached hydrogens (tertiary/aromatic N) is 2. The molecule has 144 valence electrons. The van der Waals surface area contributed by atoms with E-state index in [-0.39, 0.29) is 47.9 Å². The number of Topliss-reactive ketones (excluding diaryl/α,β-unsaturated/α-hetero) is 1. The molecule has 28 heavy (non-hydrogen) atoms. The zero-order valence-electron chi connectivity index (χ0n) is 15.5. The highest BCUT2D eigenvalue weighted by Gasteiger charge is 2.24. The van der Waals surface area contributed by atoms with Crippen LogP contribution in [0.25, 0.3) is 0 Å². The highest BCUT2D eigenvalue weighted by atomic mass is 16.6. The molecule has 0 saturated carbocycles. The standard InChI is InChI=1S/C20H19N3O5/c1-12-15(4-3-5-16(12)23(27)28)20(26)21-9-8-18(24)13-6-7-17-14(10-13)11-19(25)22(17)2/h3-7,10H,8-9,11H2,1-2H3,(H,21,26). The van der Waals surface area contributed by atoms with Crippen molar-refractivity contribution in [1.82, 2.24) is 5.32 Å². The molecule has 0 radical (unpaired) electrons. The van der Waals surface area contributed by atoms with E-state index in [4.69, 9.17) is 0 Å². The first-order valence-corrected chi connectivity index (χ1v) is 8.74. The van der Waals surface area contributed by atoms with Crippen LogP contribution in [0.2, 0.25) is 0 Å². The molecule has 0 fully saturated rings. The van der Waals surface area contributed by atoms with Gasteiger partial charge in [0.1, 0.15) is 0 Å². The van der Waals surface area contributed by atoms with Gasteiger partial charge >= 0.3 is 0 Å². The van der Waals surface area contributed by atoms with Crippen LogP contribution >= 0.6 is 0 Å². The highest BCUT2D eigenvalue weighted by Crippen LogP contribution is 2.28. The van der Waals surface area contributed by atoms with E-state index in [0.717, 1.165) is 11.3 Å². The van der Waals surface area contributed by atoms with Crippen LogP contribution in [0.15, 0.2) is 36.4 Å². The molecule has 2 amide bonds. The summed E-state index contributed by atoms with van der Waals surface area (Å²) in [6.07, 6.45) is 0.359. The predicted octanol–water partition coefficient (Wildman–Crippen LogP) is 2.42. The summed E-state index contributed by atoms with van der Waals surface area (Å²) in [7, 11) is 1.70. The zero-order valence-corrected chi connectivity index (χ0v) is 15.5. The summed E-state index contributed by atoms with van der Waals surface area (Å²) in [5, 5.41) is 13.6. The lowest BCUT2D eigenvalue weighted by Crippen LogP contribution is -2.27. The third-order valence-electron chi connectivity index (χ3n) is 4.86. The van der Waals surface area contributed by atoms with Crippen LogP contribution in [0.5, 0.6) is 0 Å². The number of nitro groups is 1. The van der Waals surface area contributed by atoms with Crippen molar-refractivity contribution < 1.29 is 19.3 Å². The van der Waals surface area contributed by atoms with Crippen molar-refractivity contribution in [3.63, 3.8) is 0 Å². The summed E-state index contributed by atoms with van der Waals surface area (Å²) >= 11 is 0. The van der Waals surface area contributed by atoms with Gasteiger partial charge in [0.15, 0.2) is 5.78 Å². The summed E-state index contributed by atoms with van der Waals surface area (Å²) in [5.74, 6) is -0.629. The maximum absolute atomic E-state index is 12.4. The smallest absolute Gasteiger partial charge is 0.273 e. The number of fused-ring (bicyclic) bond motifs is 1. The molecule has 0 unspecified atom stereocenters. The molecular weight excluding hydrogens is 362 g/mol. The largest absolute Gasteiger partial charge is 0.352 e. The highest BCUT2D eigenvalue weighted by molar-refractivity contribution is 6.03. The normalized spacial score (nSPS) is 12.6. The second-order valence-electron chi connectivity index (χ2n) is 6.61. The van der Waals surface area contributed by atoms with Crippen molar-refractivity contribution in [3.05, 3.63) is 68.8 Å². The number of hydrogen-bond acceptors (Lipinski definition) is 5. The topological polar surface area (TPSA) is 110 Å². The molecule has 2 aromatic rings. The summed E-state index contributed by atoms with van der Waals surface area (Å²) in [6, 6.07) is 9.43. The molecule has 1 heterocycles. The SMILES string of the molecule is Cc1c(C(=O)NCCC(=O)c2ccc3c(c2)CC(=O)N3C)cccc1[N+](=O)[O-]. The van der Waals surface area contributed by atoms with Gasteiger partial charge in [-0.1, -0.05) is 6.07 Å². The van der Waals surface area contributed by atoms with Gasteiger partial charge in [-0.3, -0.25) is 24.5 Å². The van der Waals surface area contributed by atoms with Gasteiger partial charge in [-0.25, -0.2) is 0 Å². The van der Waals surface area contributed by atoms with Crippen LogP contribution in [-0.2, 0) is 11.2 Å². The number of nitrogens with one attached hydrogen (secondary N) is 1. The van der Waals surface area contributed by atoms with Gasteiger partial charge in [0.25, 0.3) is 11.6 Å². The number of amides is 2. The van der Waals surface area contributed by atoms with E-state index >= 15 is 0 Å². The molecule has 0 atom stereocenters. The number of carbonyl (C=O) groups excluding carboxylic acids is 3. The second kappa shape index (κ2) is 7.59. The minimum Gasteiger partial charge on any atom is -0.352 e. The predicted molar refractivity (Wildman–Crippen MR) is 103 cm³/mol. The Labute approximate surface area is 161 Å². The first-order valence-electron chi connectivity index (χ1n) is 8.74. The van der Waals surface area contributed by atoms with Crippen molar-refractivity contribution in [1.29, 1.82) is 0 Å². The third kappa shape index (κ3) is 3.62. The summed E-state index contributed by atoms with van der Waals surface area (Å²) in [4.78, 5) is 48.4. The molecule has 8 heteroatoms. The van der Waals surface area contributed by atoms with Crippen molar-refractivity contribution >= 4 is 29.0 Å². The Balaban J connectivity index is 1.61. The Morgan fingerprint density at radius 3 is 2.71 bits per heavy atom. The number of rotatable bonds is 6. The number of benzene rings is 2. The molecule has 3 rings (SSSR count). The monoisotopic (exact) mass is 381 g/mol. The average molecular weight is 381 g/mol. The Bertz CT molecular complexity index is 999. The third-order valence-corrected chi connectivity index (χ3v) is 4.86. The molecule has 0 spiro atoms. The second-order valence-corrected chi connectivity index (χ2v) is 6.61. The molecule has 0 saturated heterocycles. The van der Waals surface area contributed by atoms with Gasteiger partial charge in [-0.05, 0) is 36.8 Å². The Morgan fingerprint density at radius 2 is 2.00 bits per heavy atom. The number of carbonyl (C=O) groups is 3. The fraction of sp³-hybridized carbons (Fsp3) is 0.250. The van der Waals surface area contributed by atoms with Crippen molar-refractivity contribution in [2.45, 2.75) is 19.8 Å². The van der Waals surface area contributed by atoms with Gasteiger partial charge in [-0.2, -0.15) is 0 Å². The minimum absolute atomic E-state index is 0.0146. The van der Waals surface area contributed by atoms with Crippen molar-refractivity contribution in [2.24, 2.45) is 0 Å². The number of ketones is 1. The number of nitro benzene ring substituents is 1. The Kier molecular flexibility index (Phi) is 5.21. The maximum atomic E-state index is 12.4. The average Bonchev–Trinajstić information content (AvgIpc) is 2.94. The van der Waals surface area contributed by atoms with Crippen LogP contribution in [0.3, 0.4) is 0 Å². The van der Waals surface area contributed by atoms with Crippen molar-refractivity contribution in [2.75, 3.05) is 18.5 Å². The lowest BCUT2D eigenvalue weighted by Gasteiger charge is -2.10. The molecular formula is C20H19N3O5. The van der Waals surface area contributed by atoms with Gasteiger partial charge in [0.2, 0.25) is 5.91 Å². The van der Waals surface area contributed by atoms with Crippen LogP contribution in [0.1, 0.15) is 38.3 Å². The van der Waals surface area contributed by atoms with Crippen LogP contribution in [0.4, 0.5) is 11.4 Å². The van der Waals surface area contributed by atoms with Crippen LogP contribution in [-0.4, -0.2) is 36.1 Å². The first-order chi connectivity index (χ1) is 13.3. The molecule has 1 aliphatic rings. The van der Waals surface area contributed by atoms with Gasteiger partial charge < -0.3 is 10.2 Å². The number of likely N-dealkylation sites (N-methyl/N-ethyl adjacent to an activating group) is 1. The molecule has 0 bridgehead atoms. The van der Waals surface area contributed by atoms with E-state index in [9.17, 15) is 24.5 Å². The lowest BCUT2D eigenvalue weighted by molar-refractivity contribution is -0.385. The molecule has 0 aromatic heterocycles. The molecule has 8 nitrogen and oxygen atoms in total. The number of anilines is 1. The first kappa shape index (κ1) is 19.2. The van der Waals surface area contributed by atoms with Crippen LogP contribution < -0.4 is 10.2 Å². The summed E-state index contributed by atoms with van der Waals surface area (Å²) < 4.78 is 0. The van der Waals surface area contributed by atoms with E-state index in [1.54, 1.807) is 30.1 Å². The van der Waals surface area contributed by atoms with E-state index in [1.807, 2.05) is 0 Å². The lowest BCUT2D eigenvalue weighted by atomic mass is 10.0. The van der Waals surface area contributed by atoms with Crippen molar-refractivity contribution in [3.8, 4) is 0 Å². The number of hydrogen-bond donors (Lipinski definition) is 1. The van der Waals surface area contributed by atoms with Gasteiger partial charge in [0, 0.05) is 48.5 Å². The van der Waals surface area contributed by atoms with E-state index in [0.29, 0.717) is 5.56 Å². The Morgan fingerprint density at radius 1 is 1.25 bits per heavy atom. The summed E-state index contributed by atoms with van der Waals surface area (Å²) in [5.41, 5.74) is 2.47. The fourth-order valence-corrected chi connectivity index (χ4v) is 3.24. The molecule has 1 aliphatic heterocycles. The molecule has 2 aromatic carbocycles. The minimum atomic E-state index is -0.536. The zero-order chi connectivity index (χ0) is 20.4. The maximum Gasteiger partial charge on any atom is 0.273 e. The molecule has 1 N–H and O–H groups in total. The quantitative estimate of drug-likeness (QED) is 0.469. The summed E-state index contributed by atoms with van der Waals surface area (Å²) in [6.45, 7) is 1.62. The Hall–Kier alpha value is -3.55. The molecule has 0 aliphatic carbocycles. The fourth-order valence-electron chi connectivity index (χ4n) is 3.24. The van der Waals surface area contributed by atoms with Gasteiger partial charge in [-0.15, -0.1) is 0 Å². The van der Waals surface area contributed by atoms with E-state index in [1.165, 1.54) is 25.1 Å². The van der Waals surface area contributed by atoms with E-state index in [2.05, 4.69) is 5.32 Å².